The number of hydrogen-bond acceptors (Lipinski definition) is 5. The molecule has 1 aliphatic heterocycles. The van der Waals surface area contributed by atoms with E-state index >= 15 is 0 Å². The first-order valence-electron chi connectivity index (χ1n) is 10.6. The van der Waals surface area contributed by atoms with Gasteiger partial charge in [0.05, 0.1) is 18.2 Å². The predicted octanol–water partition coefficient (Wildman–Crippen LogP) is 4.49. The molecule has 1 aromatic heterocycles. The van der Waals surface area contributed by atoms with Gasteiger partial charge in [-0.05, 0) is 41.8 Å². The number of nitrogens with zero attached hydrogens (tertiary/aromatic N) is 2. The highest BCUT2D eigenvalue weighted by Crippen LogP contribution is 2.40. The molecular formula is C26H24N2O4. The van der Waals surface area contributed by atoms with Crippen molar-refractivity contribution in [3.8, 4) is 5.75 Å². The molecule has 1 unspecified atom stereocenters. The van der Waals surface area contributed by atoms with E-state index in [0.29, 0.717) is 17.9 Å². The van der Waals surface area contributed by atoms with Crippen LogP contribution in [0, 0.1) is 0 Å². The van der Waals surface area contributed by atoms with Crippen molar-refractivity contribution < 1.29 is 19.4 Å². The number of ketones is 1. The summed E-state index contributed by atoms with van der Waals surface area (Å²) in [6.45, 7) is 2.78. The maximum atomic E-state index is 13.1. The van der Waals surface area contributed by atoms with Gasteiger partial charge in [-0.2, -0.15) is 0 Å². The van der Waals surface area contributed by atoms with Crippen LogP contribution in [0.25, 0.3) is 5.76 Å². The number of likely N-dealkylation sites (tertiary alicyclic amines) is 1. The van der Waals surface area contributed by atoms with Gasteiger partial charge >= 0.3 is 0 Å². The molecule has 1 aliphatic rings. The van der Waals surface area contributed by atoms with Gasteiger partial charge in [0.1, 0.15) is 11.5 Å². The smallest absolute Gasteiger partial charge is 0.295 e. The van der Waals surface area contributed by atoms with Gasteiger partial charge in [0.2, 0.25) is 0 Å². The van der Waals surface area contributed by atoms with E-state index in [0.717, 1.165) is 17.5 Å². The lowest BCUT2D eigenvalue weighted by molar-refractivity contribution is -0.140. The summed E-state index contributed by atoms with van der Waals surface area (Å²) in [4.78, 5) is 31.7. The van der Waals surface area contributed by atoms with E-state index in [1.807, 2.05) is 37.3 Å². The second kappa shape index (κ2) is 9.47. The maximum Gasteiger partial charge on any atom is 0.295 e. The minimum atomic E-state index is -0.704. The van der Waals surface area contributed by atoms with Crippen LogP contribution in [0.4, 0.5) is 0 Å². The molecule has 3 aromatic rings. The van der Waals surface area contributed by atoms with Gasteiger partial charge in [-0.15, -0.1) is 0 Å². The van der Waals surface area contributed by atoms with Crippen molar-refractivity contribution in [1.82, 2.24) is 9.88 Å². The highest BCUT2D eigenvalue weighted by molar-refractivity contribution is 6.46. The summed E-state index contributed by atoms with van der Waals surface area (Å²) in [5.41, 5.74) is 2.10. The van der Waals surface area contributed by atoms with Gasteiger partial charge < -0.3 is 14.7 Å². The summed E-state index contributed by atoms with van der Waals surface area (Å²) in [5.74, 6) is -0.963. The van der Waals surface area contributed by atoms with Gasteiger partial charge in [0.15, 0.2) is 0 Å². The van der Waals surface area contributed by atoms with Crippen molar-refractivity contribution in [2.45, 2.75) is 25.9 Å². The number of amides is 1. The summed E-state index contributed by atoms with van der Waals surface area (Å²) in [6, 6.07) is 19.1. The fourth-order valence-corrected chi connectivity index (χ4v) is 3.82. The molecule has 162 valence electrons. The molecule has 1 amide bonds. The quantitative estimate of drug-likeness (QED) is 0.341. The molecule has 32 heavy (non-hydrogen) atoms. The molecule has 0 saturated carbocycles. The standard InChI is InChI=1S/C26H24N2O4/c1-2-15-32-21-10-6-9-20(16-21)24(29)22-23(19-7-4-3-5-8-19)28(26(31)25(22)30)17-18-11-13-27-14-12-18/h3-14,16,23,29H,2,15,17H2,1H3. The molecule has 0 aliphatic carbocycles. The molecule has 1 N–H and O–H groups in total. The third-order valence-corrected chi connectivity index (χ3v) is 5.34. The van der Waals surface area contributed by atoms with Crippen LogP contribution in [0.3, 0.4) is 0 Å². The maximum absolute atomic E-state index is 13.1. The zero-order chi connectivity index (χ0) is 22.5. The molecule has 0 bridgehead atoms. The van der Waals surface area contributed by atoms with Crippen molar-refractivity contribution in [1.29, 1.82) is 0 Å². The third-order valence-electron chi connectivity index (χ3n) is 5.34. The van der Waals surface area contributed by atoms with Crippen LogP contribution < -0.4 is 4.74 Å². The molecule has 1 saturated heterocycles. The van der Waals surface area contributed by atoms with Crippen LogP contribution in [0.1, 0.15) is 36.1 Å². The molecule has 2 heterocycles. The van der Waals surface area contributed by atoms with E-state index in [-0.39, 0.29) is 17.9 Å². The van der Waals surface area contributed by atoms with E-state index in [4.69, 9.17) is 4.74 Å². The number of aromatic nitrogens is 1. The van der Waals surface area contributed by atoms with Crippen LogP contribution in [-0.2, 0) is 16.1 Å². The van der Waals surface area contributed by atoms with Crippen LogP contribution in [0.15, 0.2) is 84.7 Å². The zero-order valence-corrected chi connectivity index (χ0v) is 17.8. The monoisotopic (exact) mass is 428 g/mol. The zero-order valence-electron chi connectivity index (χ0n) is 17.8. The SMILES string of the molecule is CCCOc1cccc(C(O)=C2C(=O)C(=O)N(Cc3ccncc3)C2c2ccccc2)c1. The van der Waals surface area contributed by atoms with Gasteiger partial charge in [0.25, 0.3) is 11.7 Å². The molecular weight excluding hydrogens is 404 g/mol. The second-order valence-corrected chi connectivity index (χ2v) is 7.57. The van der Waals surface area contributed by atoms with Gasteiger partial charge in [-0.3, -0.25) is 14.6 Å². The Hall–Kier alpha value is -3.93. The number of benzene rings is 2. The van der Waals surface area contributed by atoms with Crippen LogP contribution >= 0.6 is 0 Å². The third kappa shape index (κ3) is 4.25. The van der Waals surface area contributed by atoms with Crippen molar-refractivity contribution >= 4 is 17.4 Å². The molecule has 0 spiro atoms. The summed E-state index contributed by atoms with van der Waals surface area (Å²) < 4.78 is 5.67. The Balaban J connectivity index is 1.80. The topological polar surface area (TPSA) is 79.7 Å². The van der Waals surface area contributed by atoms with Crippen LogP contribution in [0.5, 0.6) is 5.75 Å². The summed E-state index contributed by atoms with van der Waals surface area (Å²) in [6.07, 6.45) is 4.14. The number of rotatable bonds is 7. The number of aliphatic hydroxyl groups excluding tert-OH is 1. The Morgan fingerprint density at radius 2 is 1.78 bits per heavy atom. The lowest BCUT2D eigenvalue weighted by Gasteiger charge is -2.25. The summed E-state index contributed by atoms with van der Waals surface area (Å²) in [5, 5.41) is 11.2. The molecule has 2 aromatic carbocycles. The van der Waals surface area contributed by atoms with Crippen molar-refractivity contribution in [3.63, 3.8) is 0 Å². The van der Waals surface area contributed by atoms with Gasteiger partial charge in [-0.25, -0.2) is 0 Å². The van der Waals surface area contributed by atoms with E-state index in [2.05, 4.69) is 4.98 Å². The number of ether oxygens (including phenoxy) is 1. The Bertz CT molecular complexity index is 1140. The average Bonchev–Trinajstić information content (AvgIpc) is 3.08. The lowest BCUT2D eigenvalue weighted by atomic mass is 9.95. The number of carbonyl (C=O) groups excluding carboxylic acids is 2. The first-order chi connectivity index (χ1) is 15.6. The molecule has 1 fully saturated rings. The number of aliphatic hydroxyl groups is 1. The van der Waals surface area contributed by atoms with Gasteiger partial charge in [0, 0.05) is 24.5 Å². The lowest BCUT2D eigenvalue weighted by Crippen LogP contribution is -2.29. The molecule has 0 radical (unpaired) electrons. The second-order valence-electron chi connectivity index (χ2n) is 7.57. The Morgan fingerprint density at radius 1 is 1.03 bits per heavy atom. The predicted molar refractivity (Wildman–Crippen MR) is 121 cm³/mol. The minimum absolute atomic E-state index is 0.0721. The normalized spacial score (nSPS) is 17.5. The highest BCUT2D eigenvalue weighted by atomic mass is 16.5. The molecule has 6 heteroatoms. The fourth-order valence-electron chi connectivity index (χ4n) is 3.82. The minimum Gasteiger partial charge on any atom is -0.507 e. The van der Waals surface area contributed by atoms with Crippen LogP contribution in [0.2, 0.25) is 0 Å². The number of hydrogen-bond donors (Lipinski definition) is 1. The Labute approximate surface area is 186 Å². The van der Waals surface area contributed by atoms with E-state index < -0.39 is 17.7 Å². The molecule has 6 nitrogen and oxygen atoms in total. The Kier molecular flexibility index (Phi) is 6.31. The first kappa shape index (κ1) is 21.3. The summed E-state index contributed by atoms with van der Waals surface area (Å²) in [7, 11) is 0. The van der Waals surface area contributed by atoms with Gasteiger partial charge in [-0.1, -0.05) is 49.4 Å². The number of carbonyl (C=O) groups is 2. The van der Waals surface area contributed by atoms with E-state index in [1.165, 1.54) is 4.90 Å². The van der Waals surface area contributed by atoms with Crippen molar-refractivity contribution in [2.75, 3.05) is 6.61 Å². The number of Topliss-reactive ketones (excluding diaryl/α,β-unsaturated/α-hetero) is 1. The van der Waals surface area contributed by atoms with E-state index in [1.54, 1.807) is 48.8 Å². The largest absolute Gasteiger partial charge is 0.507 e. The highest BCUT2D eigenvalue weighted by Gasteiger charge is 2.46. The summed E-state index contributed by atoms with van der Waals surface area (Å²) >= 11 is 0. The fraction of sp³-hybridized carbons (Fsp3) is 0.192. The van der Waals surface area contributed by atoms with Crippen molar-refractivity contribution in [3.05, 3.63) is 101 Å². The first-order valence-corrected chi connectivity index (χ1v) is 10.6. The van der Waals surface area contributed by atoms with Crippen molar-refractivity contribution in [2.24, 2.45) is 0 Å². The van der Waals surface area contributed by atoms with Crippen LogP contribution in [-0.4, -0.2) is 33.3 Å². The number of pyridine rings is 1. The molecule has 4 rings (SSSR count). The average molecular weight is 428 g/mol. The van der Waals surface area contributed by atoms with E-state index in [9.17, 15) is 14.7 Å². The Morgan fingerprint density at radius 3 is 2.50 bits per heavy atom. The molecule has 1 atom stereocenters.